The zero-order valence-electron chi connectivity index (χ0n) is 12.5. The van der Waals surface area contributed by atoms with Gasteiger partial charge in [0.05, 0.1) is 26.4 Å². The number of benzene rings is 1. The average Bonchev–Trinajstić information content (AvgIpc) is 2.48. The van der Waals surface area contributed by atoms with Crippen LogP contribution in [-0.2, 0) is 9.47 Å². The van der Waals surface area contributed by atoms with Crippen LogP contribution in [0.15, 0.2) is 18.2 Å². The highest BCUT2D eigenvalue weighted by atomic mass is 16.5. The number of carboxylic acid groups (broad SMARTS) is 1. The van der Waals surface area contributed by atoms with Crippen LogP contribution in [0.4, 0.5) is 0 Å². The summed E-state index contributed by atoms with van der Waals surface area (Å²) in [5.41, 5.74) is 0.107. The van der Waals surface area contributed by atoms with Crippen molar-refractivity contribution in [2.75, 3.05) is 40.1 Å². The van der Waals surface area contributed by atoms with E-state index in [1.807, 2.05) is 6.92 Å². The molecule has 1 rings (SSSR count). The van der Waals surface area contributed by atoms with Gasteiger partial charge in [0.15, 0.2) is 0 Å². The van der Waals surface area contributed by atoms with E-state index in [-0.39, 0.29) is 17.9 Å². The van der Waals surface area contributed by atoms with E-state index in [0.29, 0.717) is 32.2 Å². The second-order valence-corrected chi connectivity index (χ2v) is 4.27. The summed E-state index contributed by atoms with van der Waals surface area (Å²) in [6.07, 6.45) is 0.879. The Labute approximate surface area is 124 Å². The molecule has 6 heteroatoms. The first-order valence-electron chi connectivity index (χ1n) is 6.88. The monoisotopic (exact) mass is 298 g/mol. The van der Waals surface area contributed by atoms with E-state index in [2.05, 4.69) is 0 Å². The molecule has 0 aromatic heterocycles. The molecule has 0 radical (unpaired) electrons. The maximum Gasteiger partial charge on any atom is 0.339 e. The molecule has 118 valence electrons. The van der Waals surface area contributed by atoms with Crippen LogP contribution in [0.3, 0.4) is 0 Å². The van der Waals surface area contributed by atoms with Crippen molar-refractivity contribution in [1.29, 1.82) is 0 Å². The van der Waals surface area contributed by atoms with Gasteiger partial charge < -0.3 is 24.1 Å². The predicted octanol–water partition coefficient (Wildman–Crippen LogP) is 2.22. The van der Waals surface area contributed by atoms with E-state index in [9.17, 15) is 4.79 Å². The summed E-state index contributed by atoms with van der Waals surface area (Å²) in [5.74, 6) is -0.157. The van der Waals surface area contributed by atoms with Crippen LogP contribution in [0.5, 0.6) is 11.5 Å². The van der Waals surface area contributed by atoms with Crippen molar-refractivity contribution in [2.24, 2.45) is 0 Å². The molecule has 0 saturated heterocycles. The van der Waals surface area contributed by atoms with Gasteiger partial charge in [-0.2, -0.15) is 0 Å². The molecule has 0 atom stereocenters. The molecular formula is C15H22O6. The quantitative estimate of drug-likeness (QED) is 0.631. The molecule has 1 N–H and O–H groups in total. The maximum atomic E-state index is 11.2. The van der Waals surface area contributed by atoms with Crippen LogP contribution in [0.2, 0.25) is 0 Å². The summed E-state index contributed by atoms with van der Waals surface area (Å²) < 4.78 is 21.1. The second kappa shape index (κ2) is 10.0. The number of aromatic carboxylic acids is 1. The van der Waals surface area contributed by atoms with Gasteiger partial charge in [0.1, 0.15) is 23.7 Å². The summed E-state index contributed by atoms with van der Waals surface area (Å²) in [6, 6.07) is 4.70. The van der Waals surface area contributed by atoms with Gasteiger partial charge in [-0.25, -0.2) is 4.79 Å². The van der Waals surface area contributed by atoms with Gasteiger partial charge in [-0.15, -0.1) is 0 Å². The lowest BCUT2D eigenvalue weighted by atomic mass is 10.2. The van der Waals surface area contributed by atoms with Crippen LogP contribution < -0.4 is 9.47 Å². The van der Waals surface area contributed by atoms with Gasteiger partial charge in [-0.3, -0.25) is 0 Å². The fourth-order valence-electron chi connectivity index (χ4n) is 1.56. The number of ether oxygens (including phenoxy) is 4. The summed E-state index contributed by atoms with van der Waals surface area (Å²) in [6.45, 7) is 4.20. The zero-order valence-corrected chi connectivity index (χ0v) is 12.5. The molecule has 0 aliphatic rings. The van der Waals surface area contributed by atoms with Crippen molar-refractivity contribution < 1.29 is 28.8 Å². The standard InChI is InChI=1S/C15H22O6/c1-3-6-20-12-4-5-13(15(16)17)14(11-12)21-10-9-19-8-7-18-2/h4-5,11H,3,6-10H2,1-2H3,(H,16,17). The van der Waals surface area contributed by atoms with Crippen molar-refractivity contribution in [3.63, 3.8) is 0 Å². The van der Waals surface area contributed by atoms with E-state index < -0.39 is 5.97 Å². The number of hydrogen-bond acceptors (Lipinski definition) is 5. The lowest BCUT2D eigenvalue weighted by molar-refractivity contribution is 0.0535. The number of hydrogen-bond donors (Lipinski definition) is 1. The van der Waals surface area contributed by atoms with Crippen molar-refractivity contribution >= 4 is 5.97 Å². The Hall–Kier alpha value is -1.79. The van der Waals surface area contributed by atoms with Crippen molar-refractivity contribution in [3.8, 4) is 11.5 Å². The third kappa shape index (κ3) is 6.46. The second-order valence-electron chi connectivity index (χ2n) is 4.27. The molecule has 0 saturated carbocycles. The Bertz CT molecular complexity index is 432. The van der Waals surface area contributed by atoms with Crippen molar-refractivity contribution in [1.82, 2.24) is 0 Å². The first-order valence-corrected chi connectivity index (χ1v) is 6.88. The molecule has 0 spiro atoms. The molecule has 21 heavy (non-hydrogen) atoms. The van der Waals surface area contributed by atoms with E-state index in [1.165, 1.54) is 6.07 Å². The largest absolute Gasteiger partial charge is 0.493 e. The fraction of sp³-hybridized carbons (Fsp3) is 0.533. The third-order valence-electron chi connectivity index (χ3n) is 2.57. The van der Waals surface area contributed by atoms with Gasteiger partial charge >= 0.3 is 5.97 Å². The highest BCUT2D eigenvalue weighted by Gasteiger charge is 2.12. The topological polar surface area (TPSA) is 74.2 Å². The van der Waals surface area contributed by atoms with Crippen molar-refractivity contribution in [3.05, 3.63) is 23.8 Å². The highest BCUT2D eigenvalue weighted by molar-refractivity contribution is 5.91. The third-order valence-corrected chi connectivity index (χ3v) is 2.57. The normalized spacial score (nSPS) is 10.4. The molecule has 0 fully saturated rings. The molecule has 0 unspecified atom stereocenters. The minimum atomic E-state index is -1.03. The number of carboxylic acids is 1. The number of carbonyl (C=O) groups is 1. The Morgan fingerprint density at radius 1 is 1.10 bits per heavy atom. The van der Waals surface area contributed by atoms with Crippen LogP contribution >= 0.6 is 0 Å². The minimum Gasteiger partial charge on any atom is -0.493 e. The maximum absolute atomic E-state index is 11.2. The first kappa shape index (κ1) is 17.3. The summed E-state index contributed by atoms with van der Waals surface area (Å²) >= 11 is 0. The minimum absolute atomic E-state index is 0.107. The highest BCUT2D eigenvalue weighted by Crippen LogP contribution is 2.25. The summed E-state index contributed by atoms with van der Waals surface area (Å²) in [4.78, 5) is 11.2. The smallest absolute Gasteiger partial charge is 0.339 e. The van der Waals surface area contributed by atoms with Crippen LogP contribution in [0.1, 0.15) is 23.7 Å². The molecular weight excluding hydrogens is 276 g/mol. The van der Waals surface area contributed by atoms with Crippen molar-refractivity contribution in [2.45, 2.75) is 13.3 Å². The van der Waals surface area contributed by atoms with E-state index in [4.69, 9.17) is 24.1 Å². The summed E-state index contributed by atoms with van der Waals surface area (Å²) in [5, 5.41) is 9.14. The van der Waals surface area contributed by atoms with Crippen LogP contribution in [-0.4, -0.2) is 51.2 Å². The Kier molecular flexibility index (Phi) is 8.23. The molecule has 0 aliphatic carbocycles. The van der Waals surface area contributed by atoms with E-state index >= 15 is 0 Å². The van der Waals surface area contributed by atoms with E-state index in [0.717, 1.165) is 6.42 Å². The molecule has 1 aromatic rings. The zero-order chi connectivity index (χ0) is 15.5. The SMILES string of the molecule is CCCOc1ccc(C(=O)O)c(OCCOCCOC)c1. The van der Waals surface area contributed by atoms with Gasteiger partial charge in [-0.05, 0) is 18.6 Å². The lowest BCUT2D eigenvalue weighted by Crippen LogP contribution is -2.12. The number of methoxy groups -OCH3 is 1. The van der Waals surface area contributed by atoms with E-state index in [1.54, 1.807) is 19.2 Å². The molecule has 0 aliphatic heterocycles. The van der Waals surface area contributed by atoms with Gasteiger partial charge in [0, 0.05) is 13.2 Å². The Morgan fingerprint density at radius 3 is 2.52 bits per heavy atom. The predicted molar refractivity (Wildman–Crippen MR) is 77.4 cm³/mol. The van der Waals surface area contributed by atoms with Crippen LogP contribution in [0.25, 0.3) is 0 Å². The number of rotatable bonds is 11. The Balaban J connectivity index is 2.57. The molecule has 0 amide bonds. The van der Waals surface area contributed by atoms with Gasteiger partial charge in [0.2, 0.25) is 0 Å². The first-order chi connectivity index (χ1) is 10.2. The molecule has 6 nitrogen and oxygen atoms in total. The average molecular weight is 298 g/mol. The van der Waals surface area contributed by atoms with Crippen LogP contribution in [0, 0.1) is 0 Å². The molecule has 0 bridgehead atoms. The summed E-state index contributed by atoms with van der Waals surface area (Å²) in [7, 11) is 1.60. The fourth-order valence-corrected chi connectivity index (χ4v) is 1.56. The molecule has 1 aromatic carbocycles. The molecule has 0 heterocycles. The van der Waals surface area contributed by atoms with Gasteiger partial charge in [0.25, 0.3) is 0 Å². The Morgan fingerprint density at radius 2 is 1.86 bits per heavy atom. The van der Waals surface area contributed by atoms with Gasteiger partial charge in [-0.1, -0.05) is 6.92 Å². The lowest BCUT2D eigenvalue weighted by Gasteiger charge is -2.12.